The molecule has 152 valence electrons. The molecule has 31 heavy (non-hydrogen) atoms. The van der Waals surface area contributed by atoms with Gasteiger partial charge in [0.25, 0.3) is 5.91 Å². The Bertz CT molecular complexity index is 1180. The summed E-state index contributed by atoms with van der Waals surface area (Å²) in [6.45, 7) is 0. The fourth-order valence-electron chi connectivity index (χ4n) is 2.83. The number of amidine groups is 1. The quantitative estimate of drug-likeness (QED) is 0.500. The Kier molecular flexibility index (Phi) is 6.00. The van der Waals surface area contributed by atoms with Gasteiger partial charge in [0.05, 0.1) is 11.1 Å². The Labute approximate surface area is 182 Å². The van der Waals surface area contributed by atoms with E-state index in [4.69, 9.17) is 0 Å². The number of nitrogens with zero attached hydrogens (tertiary/aromatic N) is 4. The average molecular weight is 428 g/mol. The Morgan fingerprint density at radius 3 is 2.23 bits per heavy atom. The van der Waals surface area contributed by atoms with Crippen molar-refractivity contribution in [3.05, 3.63) is 113 Å². The fourth-order valence-corrected chi connectivity index (χ4v) is 3.50. The first-order valence-electron chi connectivity index (χ1n) is 9.26. The van der Waals surface area contributed by atoms with Gasteiger partial charge in [-0.1, -0.05) is 48.5 Å². The maximum absolute atomic E-state index is 12.0. The van der Waals surface area contributed by atoms with Crippen molar-refractivity contribution >= 4 is 34.5 Å². The lowest BCUT2D eigenvalue weighted by atomic mass is 10.1. The summed E-state index contributed by atoms with van der Waals surface area (Å²) in [4.78, 5) is 30.0. The number of aliphatic hydroxyl groups is 1. The molecule has 8 heteroatoms. The average Bonchev–Trinajstić information content (AvgIpc) is 3.20. The van der Waals surface area contributed by atoms with E-state index in [0.717, 1.165) is 11.8 Å². The van der Waals surface area contributed by atoms with E-state index < -0.39 is 5.91 Å². The maximum atomic E-state index is 12.0. The number of carbonyl (C=O) groups is 2. The normalized spacial score (nSPS) is 17.0. The first-order valence-corrected chi connectivity index (χ1v) is 10.1. The molecule has 0 saturated heterocycles. The molecule has 0 aliphatic carbocycles. The third kappa shape index (κ3) is 4.76. The van der Waals surface area contributed by atoms with Crippen molar-refractivity contribution in [2.75, 3.05) is 0 Å². The number of aliphatic imine (C=N–C) groups is 1. The molecule has 2 aliphatic rings. The van der Waals surface area contributed by atoms with Gasteiger partial charge in [-0.3, -0.25) is 9.59 Å². The molecular weight excluding hydrogens is 412 g/mol. The molecule has 2 aliphatic heterocycles. The lowest BCUT2D eigenvalue weighted by Crippen LogP contribution is -2.20. The molecule has 7 nitrogen and oxygen atoms in total. The van der Waals surface area contributed by atoms with E-state index in [1.165, 1.54) is 6.20 Å². The Morgan fingerprint density at radius 2 is 1.58 bits per heavy atom. The second kappa shape index (κ2) is 9.19. The van der Waals surface area contributed by atoms with Crippen LogP contribution in [-0.2, 0) is 0 Å². The summed E-state index contributed by atoms with van der Waals surface area (Å²) in [7, 11) is 0. The van der Waals surface area contributed by atoms with Crippen LogP contribution in [0.4, 0.5) is 4.79 Å². The summed E-state index contributed by atoms with van der Waals surface area (Å²) in [5.41, 5.74) is 1.75. The van der Waals surface area contributed by atoms with Crippen LogP contribution in [0.3, 0.4) is 0 Å². The summed E-state index contributed by atoms with van der Waals surface area (Å²) >= 11 is 0.901. The van der Waals surface area contributed by atoms with Gasteiger partial charge >= 0.3 is 5.24 Å². The van der Waals surface area contributed by atoms with Crippen molar-refractivity contribution < 1.29 is 14.7 Å². The molecule has 0 bridgehead atoms. The minimum absolute atomic E-state index is 0.149. The van der Waals surface area contributed by atoms with Crippen LogP contribution < -0.4 is 0 Å². The third-order valence-electron chi connectivity index (χ3n) is 4.35. The highest BCUT2D eigenvalue weighted by Gasteiger charge is 2.26. The van der Waals surface area contributed by atoms with Crippen LogP contribution in [0, 0.1) is 0 Å². The minimum Gasteiger partial charge on any atom is -0.507 e. The number of amides is 2. The van der Waals surface area contributed by atoms with Gasteiger partial charge in [-0.15, -0.1) is 5.11 Å². The van der Waals surface area contributed by atoms with Crippen LogP contribution in [0.1, 0.15) is 15.9 Å². The predicted octanol–water partition coefficient (Wildman–Crippen LogP) is 5.70. The van der Waals surface area contributed by atoms with E-state index in [2.05, 4.69) is 15.2 Å². The number of rotatable bonds is 3. The summed E-state index contributed by atoms with van der Waals surface area (Å²) < 4.78 is 0. The molecule has 0 atom stereocenters. The van der Waals surface area contributed by atoms with Crippen LogP contribution in [0.5, 0.6) is 0 Å². The largest absolute Gasteiger partial charge is 0.507 e. The molecular formula is C23H16N4O3S. The molecule has 2 aromatic carbocycles. The van der Waals surface area contributed by atoms with Gasteiger partial charge in [-0.2, -0.15) is 10.1 Å². The van der Waals surface area contributed by atoms with Crippen molar-refractivity contribution in [2.24, 2.45) is 15.2 Å². The second-order valence-electron chi connectivity index (χ2n) is 6.39. The molecule has 2 aromatic rings. The van der Waals surface area contributed by atoms with Gasteiger partial charge in [0, 0.05) is 29.1 Å². The van der Waals surface area contributed by atoms with Gasteiger partial charge in [0.1, 0.15) is 5.76 Å². The number of hydrogen-bond acceptors (Lipinski definition) is 6. The topological polar surface area (TPSA) is 94.7 Å². The predicted molar refractivity (Wildman–Crippen MR) is 120 cm³/mol. The van der Waals surface area contributed by atoms with Crippen molar-refractivity contribution in [1.82, 2.24) is 4.90 Å². The first kappa shape index (κ1) is 20.2. The van der Waals surface area contributed by atoms with Crippen LogP contribution in [0.15, 0.2) is 117 Å². The summed E-state index contributed by atoms with van der Waals surface area (Å²) in [6.07, 6.45) is 8.15. The number of allylic oxidation sites excluding steroid dienone is 3. The number of benzene rings is 2. The molecule has 4 rings (SSSR count). The zero-order valence-corrected chi connectivity index (χ0v) is 16.9. The molecule has 2 heterocycles. The number of thioether (sulfide) groups is 1. The summed E-state index contributed by atoms with van der Waals surface area (Å²) in [5, 5.41) is 17.6. The van der Waals surface area contributed by atoms with Gasteiger partial charge < -0.3 is 10.0 Å². The standard InChI is InChI=1S/C23H16N4O3S/c28-20(16-7-3-1-4-8-16)17-11-13-27(14-12-17)21-19(31-23(30)25-21)15-24-26-22(29)18-9-5-2-6-10-18/h1-15,28H. The molecule has 0 saturated carbocycles. The van der Waals surface area contributed by atoms with Gasteiger partial charge in [0.2, 0.25) is 0 Å². The van der Waals surface area contributed by atoms with E-state index >= 15 is 0 Å². The first-order chi connectivity index (χ1) is 15.1. The summed E-state index contributed by atoms with van der Waals surface area (Å²) in [5.74, 6) is 0.0385. The van der Waals surface area contributed by atoms with Gasteiger partial charge in [-0.25, -0.2) is 0 Å². The lowest BCUT2D eigenvalue weighted by Gasteiger charge is -2.19. The van der Waals surface area contributed by atoms with Gasteiger partial charge in [0.15, 0.2) is 5.84 Å². The number of hydrogen-bond donors (Lipinski definition) is 1. The van der Waals surface area contributed by atoms with Crippen LogP contribution in [-0.4, -0.2) is 27.0 Å². The van der Waals surface area contributed by atoms with E-state index in [1.807, 2.05) is 30.3 Å². The fraction of sp³-hybridized carbons (Fsp3) is 0. The van der Waals surface area contributed by atoms with Crippen molar-refractivity contribution in [1.29, 1.82) is 0 Å². The monoisotopic (exact) mass is 428 g/mol. The second-order valence-corrected chi connectivity index (χ2v) is 7.39. The maximum Gasteiger partial charge on any atom is 0.311 e. The minimum atomic E-state index is -0.478. The Morgan fingerprint density at radius 1 is 0.968 bits per heavy atom. The zero-order chi connectivity index (χ0) is 21.6. The molecule has 2 amide bonds. The van der Waals surface area contributed by atoms with Crippen LogP contribution in [0.2, 0.25) is 0 Å². The summed E-state index contributed by atoms with van der Waals surface area (Å²) in [6, 6.07) is 17.8. The number of carbonyl (C=O) groups excluding carboxylic acids is 2. The number of aliphatic hydroxyl groups excluding tert-OH is 1. The van der Waals surface area contributed by atoms with Crippen LogP contribution in [0.25, 0.3) is 5.76 Å². The van der Waals surface area contributed by atoms with E-state index in [9.17, 15) is 14.7 Å². The third-order valence-corrected chi connectivity index (χ3v) is 5.13. The molecule has 0 fully saturated rings. The molecule has 0 radical (unpaired) electrons. The van der Waals surface area contributed by atoms with Gasteiger partial charge in [-0.05, 0) is 36.0 Å². The Hall–Kier alpha value is -4.04. The van der Waals surface area contributed by atoms with E-state index in [-0.39, 0.29) is 11.0 Å². The molecule has 0 aromatic heterocycles. The highest BCUT2D eigenvalue weighted by molar-refractivity contribution is 8.18. The van der Waals surface area contributed by atoms with Crippen molar-refractivity contribution in [2.45, 2.75) is 0 Å². The van der Waals surface area contributed by atoms with Crippen molar-refractivity contribution in [3.8, 4) is 0 Å². The SMILES string of the molecule is O=C1N=C(N2C=CC(=C(O)c3ccccc3)C=C2)C(=CN=NC(=O)c2ccccc2)S1. The highest BCUT2D eigenvalue weighted by Crippen LogP contribution is 2.31. The molecule has 0 unspecified atom stereocenters. The highest BCUT2D eigenvalue weighted by atomic mass is 32.2. The van der Waals surface area contributed by atoms with Crippen molar-refractivity contribution in [3.63, 3.8) is 0 Å². The van der Waals surface area contributed by atoms with E-state index in [0.29, 0.717) is 27.4 Å². The number of azo groups is 1. The van der Waals surface area contributed by atoms with E-state index in [1.54, 1.807) is 59.8 Å². The van der Waals surface area contributed by atoms with Crippen LogP contribution >= 0.6 is 11.8 Å². The molecule has 0 spiro atoms. The smallest absolute Gasteiger partial charge is 0.311 e. The lowest BCUT2D eigenvalue weighted by molar-refractivity contribution is 0.0995. The Balaban J connectivity index is 1.50. The molecule has 1 N–H and O–H groups in total. The zero-order valence-electron chi connectivity index (χ0n) is 16.1.